The standard InChI is InChI=1S/C22H27N3/c1-23-18-8-6-7-17(15-18)16-24-13-12-20-19-9-2-3-10-21(19)25-14-5-4-11-22(20)25/h2-3,6-10,15,23-24H,4-5,11-14,16H2,1H3. The van der Waals surface area contributed by atoms with Gasteiger partial charge in [-0.2, -0.15) is 0 Å². The number of hydrogen-bond donors (Lipinski definition) is 2. The van der Waals surface area contributed by atoms with Crippen molar-refractivity contribution < 1.29 is 0 Å². The molecule has 1 aliphatic rings. The van der Waals surface area contributed by atoms with E-state index in [1.807, 2.05) is 7.05 Å². The summed E-state index contributed by atoms with van der Waals surface area (Å²) in [4.78, 5) is 0. The summed E-state index contributed by atoms with van der Waals surface area (Å²) in [5.74, 6) is 0. The lowest BCUT2D eigenvalue weighted by molar-refractivity contribution is 0.539. The van der Waals surface area contributed by atoms with E-state index in [0.29, 0.717) is 0 Å². The first-order valence-corrected chi connectivity index (χ1v) is 9.43. The van der Waals surface area contributed by atoms with Crippen molar-refractivity contribution in [3.05, 3.63) is 65.4 Å². The topological polar surface area (TPSA) is 29.0 Å². The molecule has 0 spiro atoms. The van der Waals surface area contributed by atoms with Crippen LogP contribution in [0, 0.1) is 0 Å². The van der Waals surface area contributed by atoms with Crippen LogP contribution in [0.15, 0.2) is 48.5 Å². The molecule has 2 heterocycles. The minimum atomic E-state index is 0.920. The van der Waals surface area contributed by atoms with Crippen molar-refractivity contribution in [1.82, 2.24) is 9.88 Å². The lowest BCUT2D eigenvalue weighted by Crippen LogP contribution is -2.18. The molecule has 4 rings (SSSR count). The van der Waals surface area contributed by atoms with Crippen LogP contribution < -0.4 is 10.6 Å². The van der Waals surface area contributed by atoms with Gasteiger partial charge in [0.2, 0.25) is 0 Å². The van der Waals surface area contributed by atoms with E-state index in [9.17, 15) is 0 Å². The molecule has 0 saturated carbocycles. The van der Waals surface area contributed by atoms with Gasteiger partial charge < -0.3 is 15.2 Å². The highest BCUT2D eigenvalue weighted by Crippen LogP contribution is 2.30. The zero-order chi connectivity index (χ0) is 17.1. The van der Waals surface area contributed by atoms with Crippen LogP contribution in [0.2, 0.25) is 0 Å². The van der Waals surface area contributed by atoms with E-state index < -0.39 is 0 Å². The van der Waals surface area contributed by atoms with Crippen LogP contribution >= 0.6 is 0 Å². The minimum Gasteiger partial charge on any atom is -0.388 e. The molecular weight excluding hydrogens is 306 g/mol. The molecular formula is C22H27N3. The molecule has 0 radical (unpaired) electrons. The lowest BCUT2D eigenvalue weighted by Gasteiger charge is -2.17. The molecule has 0 bridgehead atoms. The lowest BCUT2D eigenvalue weighted by atomic mass is 10.0. The normalized spacial score (nSPS) is 13.8. The predicted molar refractivity (Wildman–Crippen MR) is 106 cm³/mol. The van der Waals surface area contributed by atoms with E-state index >= 15 is 0 Å². The molecule has 25 heavy (non-hydrogen) atoms. The summed E-state index contributed by atoms with van der Waals surface area (Å²) >= 11 is 0. The predicted octanol–water partition coefficient (Wildman–Crippen LogP) is 4.35. The smallest absolute Gasteiger partial charge is 0.0485 e. The Morgan fingerprint density at radius 2 is 1.96 bits per heavy atom. The van der Waals surface area contributed by atoms with Crippen LogP contribution in [0.4, 0.5) is 5.69 Å². The van der Waals surface area contributed by atoms with Crippen molar-refractivity contribution in [2.45, 2.75) is 38.8 Å². The van der Waals surface area contributed by atoms with Gasteiger partial charge in [-0.1, -0.05) is 30.3 Å². The molecule has 0 fully saturated rings. The Balaban J connectivity index is 1.46. The molecule has 0 unspecified atom stereocenters. The third-order valence-corrected chi connectivity index (χ3v) is 5.34. The highest BCUT2D eigenvalue weighted by atomic mass is 15.0. The van der Waals surface area contributed by atoms with Crippen LogP contribution in [0.1, 0.15) is 29.7 Å². The van der Waals surface area contributed by atoms with Crippen molar-refractivity contribution in [3.63, 3.8) is 0 Å². The van der Waals surface area contributed by atoms with E-state index in [1.54, 1.807) is 11.3 Å². The molecule has 3 aromatic rings. The molecule has 0 amide bonds. The summed E-state index contributed by atoms with van der Waals surface area (Å²) in [6.07, 6.45) is 4.97. The summed E-state index contributed by atoms with van der Waals surface area (Å²) < 4.78 is 2.56. The van der Waals surface area contributed by atoms with Gasteiger partial charge in [0.25, 0.3) is 0 Å². The number of benzene rings is 2. The number of hydrogen-bond acceptors (Lipinski definition) is 2. The molecule has 1 aliphatic heterocycles. The van der Waals surface area contributed by atoms with Gasteiger partial charge in [0.15, 0.2) is 0 Å². The zero-order valence-electron chi connectivity index (χ0n) is 15.0. The largest absolute Gasteiger partial charge is 0.388 e. The first-order valence-electron chi connectivity index (χ1n) is 9.43. The fraction of sp³-hybridized carbons (Fsp3) is 0.364. The van der Waals surface area contributed by atoms with E-state index in [-0.39, 0.29) is 0 Å². The zero-order valence-corrected chi connectivity index (χ0v) is 15.0. The maximum Gasteiger partial charge on any atom is 0.0485 e. The summed E-state index contributed by atoms with van der Waals surface area (Å²) in [6, 6.07) is 17.5. The van der Waals surface area contributed by atoms with E-state index in [1.165, 1.54) is 48.0 Å². The Bertz CT molecular complexity index is 863. The first kappa shape index (κ1) is 16.2. The van der Waals surface area contributed by atoms with Crippen molar-refractivity contribution in [2.75, 3.05) is 18.9 Å². The molecule has 2 aromatic carbocycles. The van der Waals surface area contributed by atoms with Crippen LogP contribution in [0.5, 0.6) is 0 Å². The minimum absolute atomic E-state index is 0.920. The Morgan fingerprint density at radius 3 is 2.88 bits per heavy atom. The second kappa shape index (κ2) is 7.32. The molecule has 3 nitrogen and oxygen atoms in total. The average Bonchev–Trinajstić information content (AvgIpc) is 2.99. The fourth-order valence-corrected chi connectivity index (χ4v) is 4.09. The number of rotatable bonds is 6. The van der Waals surface area contributed by atoms with Crippen LogP contribution in [0.25, 0.3) is 10.9 Å². The number of nitrogens with zero attached hydrogens (tertiary/aromatic N) is 1. The van der Waals surface area contributed by atoms with Gasteiger partial charge in [-0.25, -0.2) is 0 Å². The number of anilines is 1. The third kappa shape index (κ3) is 3.29. The summed E-state index contributed by atoms with van der Waals surface area (Å²) in [5.41, 5.74) is 7.06. The molecule has 130 valence electrons. The molecule has 2 N–H and O–H groups in total. The highest BCUT2D eigenvalue weighted by molar-refractivity contribution is 5.85. The molecule has 0 aliphatic carbocycles. The SMILES string of the molecule is CNc1cccc(CNCCc2c3n(c4ccccc24)CCCC3)c1. The van der Waals surface area contributed by atoms with Gasteiger partial charge in [-0.15, -0.1) is 0 Å². The number of nitrogens with one attached hydrogen (secondary N) is 2. The Morgan fingerprint density at radius 1 is 1.04 bits per heavy atom. The van der Waals surface area contributed by atoms with Crippen LogP contribution in [-0.4, -0.2) is 18.2 Å². The van der Waals surface area contributed by atoms with Gasteiger partial charge >= 0.3 is 0 Å². The monoisotopic (exact) mass is 333 g/mol. The maximum absolute atomic E-state index is 3.63. The summed E-state index contributed by atoms with van der Waals surface area (Å²) in [7, 11) is 1.97. The van der Waals surface area contributed by atoms with Crippen molar-refractivity contribution in [2.24, 2.45) is 0 Å². The Kier molecular flexibility index (Phi) is 4.75. The van der Waals surface area contributed by atoms with E-state index in [2.05, 4.69) is 63.7 Å². The van der Waals surface area contributed by atoms with Gasteiger partial charge in [0.1, 0.15) is 0 Å². The fourth-order valence-electron chi connectivity index (χ4n) is 4.09. The van der Waals surface area contributed by atoms with Gasteiger partial charge in [-0.3, -0.25) is 0 Å². The average molecular weight is 333 g/mol. The van der Waals surface area contributed by atoms with Crippen LogP contribution in [-0.2, 0) is 25.9 Å². The third-order valence-electron chi connectivity index (χ3n) is 5.34. The number of aromatic nitrogens is 1. The van der Waals surface area contributed by atoms with Crippen molar-refractivity contribution >= 4 is 16.6 Å². The second-order valence-electron chi connectivity index (χ2n) is 6.93. The summed E-state index contributed by atoms with van der Waals surface area (Å²) in [6.45, 7) is 3.12. The van der Waals surface area contributed by atoms with E-state index in [0.717, 1.165) is 19.5 Å². The number of aryl methyl sites for hydroxylation is 1. The van der Waals surface area contributed by atoms with Gasteiger partial charge in [0, 0.05) is 42.4 Å². The quantitative estimate of drug-likeness (QED) is 0.657. The van der Waals surface area contributed by atoms with Crippen molar-refractivity contribution in [3.8, 4) is 0 Å². The van der Waals surface area contributed by atoms with Gasteiger partial charge in [0.05, 0.1) is 0 Å². The molecule has 1 aromatic heterocycles. The Labute approximate surface area is 150 Å². The maximum atomic E-state index is 3.63. The number of para-hydroxylation sites is 1. The van der Waals surface area contributed by atoms with Gasteiger partial charge in [-0.05, 0) is 61.6 Å². The highest BCUT2D eigenvalue weighted by Gasteiger charge is 2.18. The molecule has 3 heteroatoms. The number of fused-ring (bicyclic) bond motifs is 3. The second-order valence-corrected chi connectivity index (χ2v) is 6.93. The first-order chi connectivity index (χ1) is 12.4. The molecule has 0 saturated heterocycles. The van der Waals surface area contributed by atoms with Crippen LogP contribution in [0.3, 0.4) is 0 Å². The van der Waals surface area contributed by atoms with Crippen molar-refractivity contribution in [1.29, 1.82) is 0 Å². The Hall–Kier alpha value is -2.26. The summed E-state index contributed by atoms with van der Waals surface area (Å²) in [5, 5.41) is 8.29. The van der Waals surface area contributed by atoms with E-state index in [4.69, 9.17) is 0 Å². The molecule has 0 atom stereocenters.